The molecule has 2 atom stereocenters. The van der Waals surface area contributed by atoms with Crippen LogP contribution in [0.3, 0.4) is 0 Å². The van der Waals surface area contributed by atoms with Crippen molar-refractivity contribution in [2.75, 3.05) is 40.4 Å². The predicted molar refractivity (Wildman–Crippen MR) is 97.6 cm³/mol. The van der Waals surface area contributed by atoms with E-state index in [-0.39, 0.29) is 5.91 Å². The monoisotopic (exact) mass is 347 g/mol. The Hall–Kier alpha value is -1.75. The van der Waals surface area contributed by atoms with Gasteiger partial charge in [0.1, 0.15) is 0 Å². The van der Waals surface area contributed by atoms with E-state index in [0.29, 0.717) is 17.1 Å². The minimum atomic E-state index is 0.0480. The molecular weight excluding hydrogens is 316 g/mol. The van der Waals surface area contributed by atoms with Crippen LogP contribution < -0.4 is 14.4 Å². The maximum absolute atomic E-state index is 13.0. The molecule has 1 saturated heterocycles. The molecule has 1 aromatic carbocycles. The summed E-state index contributed by atoms with van der Waals surface area (Å²) in [6.07, 6.45) is 5.42. The SMILES string of the molecule is COc1cccc(C(=O)N2CC[NH+]([C@@H]3CCC[C@@H](C)C3)CC2)c1OC. The highest BCUT2D eigenvalue weighted by Gasteiger charge is 2.33. The van der Waals surface area contributed by atoms with Crippen LogP contribution in [-0.2, 0) is 0 Å². The van der Waals surface area contributed by atoms with Crippen LogP contribution >= 0.6 is 0 Å². The Kier molecular flexibility index (Phi) is 5.84. The van der Waals surface area contributed by atoms with E-state index in [0.717, 1.165) is 38.1 Å². The van der Waals surface area contributed by atoms with Gasteiger partial charge in [-0.15, -0.1) is 0 Å². The van der Waals surface area contributed by atoms with E-state index in [4.69, 9.17) is 9.47 Å². The lowest BCUT2D eigenvalue weighted by Crippen LogP contribution is -3.18. The minimum absolute atomic E-state index is 0.0480. The summed E-state index contributed by atoms with van der Waals surface area (Å²) in [7, 11) is 3.18. The van der Waals surface area contributed by atoms with Gasteiger partial charge in [-0.25, -0.2) is 0 Å². The number of rotatable bonds is 4. The summed E-state index contributed by atoms with van der Waals surface area (Å²) in [4.78, 5) is 16.6. The quantitative estimate of drug-likeness (QED) is 0.900. The number of nitrogens with zero attached hydrogens (tertiary/aromatic N) is 1. The summed E-state index contributed by atoms with van der Waals surface area (Å²) in [5.41, 5.74) is 0.594. The number of carbonyl (C=O) groups excluding carboxylic acids is 1. The number of ether oxygens (including phenoxy) is 2. The van der Waals surface area contributed by atoms with Crippen LogP contribution in [0.2, 0.25) is 0 Å². The van der Waals surface area contributed by atoms with Crippen LogP contribution in [0.1, 0.15) is 43.0 Å². The van der Waals surface area contributed by atoms with Crippen LogP contribution in [0.4, 0.5) is 0 Å². The van der Waals surface area contributed by atoms with E-state index in [1.165, 1.54) is 25.7 Å². The molecule has 1 N–H and O–H groups in total. The first-order valence-electron chi connectivity index (χ1n) is 9.49. The van der Waals surface area contributed by atoms with Gasteiger partial charge in [0.2, 0.25) is 0 Å². The fourth-order valence-electron chi connectivity index (χ4n) is 4.44. The van der Waals surface area contributed by atoms with E-state index in [1.807, 2.05) is 23.1 Å². The van der Waals surface area contributed by atoms with Gasteiger partial charge in [0.15, 0.2) is 11.5 Å². The molecule has 1 amide bonds. The van der Waals surface area contributed by atoms with Crippen molar-refractivity contribution in [3.8, 4) is 11.5 Å². The lowest BCUT2D eigenvalue weighted by atomic mass is 9.86. The van der Waals surface area contributed by atoms with Gasteiger partial charge in [-0.2, -0.15) is 0 Å². The minimum Gasteiger partial charge on any atom is -0.493 e. The van der Waals surface area contributed by atoms with Crippen molar-refractivity contribution in [2.24, 2.45) is 5.92 Å². The molecule has 1 aliphatic carbocycles. The van der Waals surface area contributed by atoms with E-state index >= 15 is 0 Å². The molecule has 138 valence electrons. The van der Waals surface area contributed by atoms with Gasteiger partial charge in [-0.05, 0) is 30.9 Å². The smallest absolute Gasteiger partial charge is 0.258 e. The third kappa shape index (κ3) is 3.92. The van der Waals surface area contributed by atoms with E-state index in [1.54, 1.807) is 19.1 Å². The molecule has 2 aliphatic rings. The number of hydrogen-bond acceptors (Lipinski definition) is 3. The summed E-state index contributed by atoms with van der Waals surface area (Å²) >= 11 is 0. The van der Waals surface area contributed by atoms with Crippen LogP contribution in [-0.4, -0.2) is 57.2 Å². The highest BCUT2D eigenvalue weighted by molar-refractivity contribution is 5.97. The van der Waals surface area contributed by atoms with Crippen molar-refractivity contribution in [1.29, 1.82) is 0 Å². The number of benzene rings is 1. The highest BCUT2D eigenvalue weighted by Crippen LogP contribution is 2.31. The molecule has 5 nitrogen and oxygen atoms in total. The first-order chi connectivity index (χ1) is 12.1. The third-order valence-electron chi connectivity index (χ3n) is 5.84. The van der Waals surface area contributed by atoms with Crippen LogP contribution in [0, 0.1) is 5.92 Å². The van der Waals surface area contributed by atoms with E-state index in [9.17, 15) is 4.79 Å². The van der Waals surface area contributed by atoms with Crippen LogP contribution in [0.5, 0.6) is 11.5 Å². The average Bonchev–Trinajstić information content (AvgIpc) is 2.66. The molecule has 5 heteroatoms. The van der Waals surface area contributed by atoms with Gasteiger partial charge in [-0.1, -0.05) is 19.4 Å². The van der Waals surface area contributed by atoms with Crippen molar-refractivity contribution < 1.29 is 19.2 Å². The topological polar surface area (TPSA) is 43.2 Å². The van der Waals surface area contributed by atoms with Crippen molar-refractivity contribution in [3.63, 3.8) is 0 Å². The van der Waals surface area contributed by atoms with Crippen LogP contribution in [0.15, 0.2) is 18.2 Å². The number of quaternary nitrogens is 1. The Balaban J connectivity index is 1.64. The summed E-state index contributed by atoms with van der Waals surface area (Å²) < 4.78 is 10.8. The number of carbonyl (C=O) groups is 1. The van der Waals surface area contributed by atoms with Gasteiger partial charge in [0.25, 0.3) is 5.91 Å². The second-order valence-corrected chi connectivity index (χ2v) is 7.46. The van der Waals surface area contributed by atoms with E-state index < -0.39 is 0 Å². The molecule has 1 aromatic rings. The Morgan fingerprint density at radius 1 is 1.16 bits per heavy atom. The molecule has 1 saturated carbocycles. The second-order valence-electron chi connectivity index (χ2n) is 7.46. The third-order valence-corrected chi connectivity index (χ3v) is 5.84. The zero-order valence-corrected chi connectivity index (χ0v) is 15.7. The molecule has 0 spiro atoms. The first kappa shape index (κ1) is 18.1. The zero-order chi connectivity index (χ0) is 17.8. The Morgan fingerprint density at radius 2 is 1.92 bits per heavy atom. The lowest BCUT2D eigenvalue weighted by Gasteiger charge is -2.39. The molecule has 0 unspecified atom stereocenters. The normalized spacial score (nSPS) is 24.8. The number of nitrogens with one attached hydrogen (secondary N) is 1. The molecule has 1 aliphatic heterocycles. The van der Waals surface area contributed by atoms with Gasteiger partial charge >= 0.3 is 0 Å². The van der Waals surface area contributed by atoms with Crippen molar-refractivity contribution >= 4 is 5.91 Å². The molecule has 0 radical (unpaired) electrons. The Morgan fingerprint density at radius 3 is 2.56 bits per heavy atom. The highest BCUT2D eigenvalue weighted by atomic mass is 16.5. The number of piperazine rings is 1. The molecule has 2 fully saturated rings. The number of para-hydroxylation sites is 1. The summed E-state index contributed by atoms with van der Waals surface area (Å²) in [5, 5.41) is 0. The standard InChI is InChI=1S/C20H30N2O3/c1-15-6-4-7-16(14-15)21-10-12-22(13-11-21)20(23)17-8-5-9-18(24-2)19(17)25-3/h5,8-9,15-16H,4,6-7,10-14H2,1-3H3/p+1/t15-,16-/m1/s1. The average molecular weight is 347 g/mol. The molecule has 1 heterocycles. The summed E-state index contributed by atoms with van der Waals surface area (Å²) in [6.45, 7) is 6.12. The fourth-order valence-corrected chi connectivity index (χ4v) is 4.44. The molecule has 25 heavy (non-hydrogen) atoms. The zero-order valence-electron chi connectivity index (χ0n) is 15.7. The molecule has 0 aromatic heterocycles. The summed E-state index contributed by atoms with van der Waals surface area (Å²) in [6, 6.07) is 6.28. The Bertz CT molecular complexity index is 597. The number of hydrogen-bond donors (Lipinski definition) is 1. The molecular formula is C20H31N2O3+. The first-order valence-corrected chi connectivity index (χ1v) is 9.49. The largest absolute Gasteiger partial charge is 0.493 e. The molecule has 3 rings (SSSR count). The van der Waals surface area contributed by atoms with Gasteiger partial charge in [0, 0.05) is 6.42 Å². The van der Waals surface area contributed by atoms with Gasteiger partial charge < -0.3 is 19.3 Å². The Labute approximate surface area is 150 Å². The van der Waals surface area contributed by atoms with Crippen molar-refractivity contribution in [1.82, 2.24) is 4.90 Å². The van der Waals surface area contributed by atoms with Crippen LogP contribution in [0.25, 0.3) is 0 Å². The maximum Gasteiger partial charge on any atom is 0.258 e. The van der Waals surface area contributed by atoms with E-state index in [2.05, 4.69) is 6.92 Å². The predicted octanol–water partition coefficient (Wildman–Crippen LogP) is 1.62. The summed E-state index contributed by atoms with van der Waals surface area (Å²) in [5.74, 6) is 2.04. The molecule has 0 bridgehead atoms. The lowest BCUT2D eigenvalue weighted by molar-refractivity contribution is -0.930. The van der Waals surface area contributed by atoms with Crippen molar-refractivity contribution in [2.45, 2.75) is 38.6 Å². The number of methoxy groups -OCH3 is 2. The fraction of sp³-hybridized carbons (Fsp3) is 0.650. The van der Waals surface area contributed by atoms with Gasteiger partial charge in [-0.3, -0.25) is 4.79 Å². The van der Waals surface area contributed by atoms with Gasteiger partial charge in [0.05, 0.1) is 52.0 Å². The van der Waals surface area contributed by atoms with Crippen molar-refractivity contribution in [3.05, 3.63) is 23.8 Å². The maximum atomic E-state index is 13.0. The second kappa shape index (κ2) is 8.09. The number of amides is 1.